The van der Waals surface area contributed by atoms with E-state index in [2.05, 4.69) is 26.0 Å². The average molecular weight is 181 g/mol. The van der Waals surface area contributed by atoms with E-state index in [9.17, 15) is 4.79 Å². The van der Waals surface area contributed by atoms with Crippen LogP contribution in [0, 0.1) is 0 Å². The average Bonchev–Trinajstić information content (AvgIpc) is 2.12. The van der Waals surface area contributed by atoms with Gasteiger partial charge < -0.3 is 10.5 Å². The number of carbonyl (C=O) groups excluding carboxylic acids is 1. The van der Waals surface area contributed by atoms with Gasteiger partial charge in [-0.1, -0.05) is 32.1 Å². The van der Waals surface area contributed by atoms with Gasteiger partial charge in [0.2, 0.25) is 0 Å². The molecular weight excluding hydrogens is 162 g/mol. The van der Waals surface area contributed by atoms with Gasteiger partial charge in [0.1, 0.15) is 6.29 Å². The number of rotatable bonds is 6. The van der Waals surface area contributed by atoms with Crippen LogP contribution in [0.3, 0.4) is 0 Å². The quantitative estimate of drug-likeness (QED) is 0.504. The first-order valence-corrected chi connectivity index (χ1v) is 4.82. The van der Waals surface area contributed by atoms with Crippen molar-refractivity contribution in [1.29, 1.82) is 0 Å². The summed E-state index contributed by atoms with van der Waals surface area (Å²) in [6, 6.07) is -0.139. The third kappa shape index (κ3) is 5.36. The highest BCUT2D eigenvalue weighted by Crippen LogP contribution is 2.06. The molecule has 0 unspecified atom stereocenters. The molecular formula is C11H19NO. The lowest BCUT2D eigenvalue weighted by molar-refractivity contribution is -0.107. The largest absolute Gasteiger partial charge is 0.324 e. The Bertz CT molecular complexity index is 194. The van der Waals surface area contributed by atoms with Crippen molar-refractivity contribution in [2.45, 2.75) is 39.2 Å². The SMILES string of the molecule is CC/C=C\C(=C/CC)[C@@H](N)CC=O. The van der Waals surface area contributed by atoms with Crippen molar-refractivity contribution in [3.8, 4) is 0 Å². The third-order valence-electron chi connectivity index (χ3n) is 1.76. The molecule has 2 heteroatoms. The predicted molar refractivity (Wildman–Crippen MR) is 56.5 cm³/mol. The monoisotopic (exact) mass is 181 g/mol. The van der Waals surface area contributed by atoms with Crippen molar-refractivity contribution < 1.29 is 4.79 Å². The molecule has 0 heterocycles. The zero-order valence-electron chi connectivity index (χ0n) is 8.49. The van der Waals surface area contributed by atoms with Gasteiger partial charge in [-0.3, -0.25) is 0 Å². The Labute approximate surface area is 80.5 Å². The summed E-state index contributed by atoms with van der Waals surface area (Å²) in [6.45, 7) is 4.14. The van der Waals surface area contributed by atoms with Gasteiger partial charge in [0.15, 0.2) is 0 Å². The van der Waals surface area contributed by atoms with Crippen LogP contribution in [0.15, 0.2) is 23.8 Å². The molecule has 0 fully saturated rings. The van der Waals surface area contributed by atoms with Gasteiger partial charge >= 0.3 is 0 Å². The summed E-state index contributed by atoms with van der Waals surface area (Å²) in [4.78, 5) is 10.3. The van der Waals surface area contributed by atoms with E-state index >= 15 is 0 Å². The van der Waals surface area contributed by atoms with Crippen LogP contribution in [0.25, 0.3) is 0 Å². The van der Waals surface area contributed by atoms with E-state index in [4.69, 9.17) is 5.73 Å². The van der Waals surface area contributed by atoms with E-state index in [1.807, 2.05) is 6.08 Å². The Morgan fingerprint density at radius 1 is 1.38 bits per heavy atom. The molecule has 2 N–H and O–H groups in total. The molecule has 2 nitrogen and oxygen atoms in total. The minimum atomic E-state index is -0.139. The number of allylic oxidation sites excluding steroid dienone is 2. The lowest BCUT2D eigenvalue weighted by atomic mass is 10.0. The van der Waals surface area contributed by atoms with Crippen molar-refractivity contribution in [3.63, 3.8) is 0 Å². The highest BCUT2D eigenvalue weighted by molar-refractivity contribution is 5.52. The van der Waals surface area contributed by atoms with E-state index in [-0.39, 0.29) is 6.04 Å². The second-order valence-electron chi connectivity index (χ2n) is 2.93. The summed E-state index contributed by atoms with van der Waals surface area (Å²) >= 11 is 0. The number of hydrogen-bond donors (Lipinski definition) is 1. The first-order valence-electron chi connectivity index (χ1n) is 4.82. The summed E-state index contributed by atoms with van der Waals surface area (Å²) in [5.41, 5.74) is 6.87. The summed E-state index contributed by atoms with van der Waals surface area (Å²) in [7, 11) is 0. The fourth-order valence-corrected chi connectivity index (χ4v) is 1.07. The molecule has 0 saturated carbocycles. The summed E-state index contributed by atoms with van der Waals surface area (Å²) in [6.07, 6.45) is 9.36. The van der Waals surface area contributed by atoms with Crippen molar-refractivity contribution in [2.24, 2.45) is 5.73 Å². The van der Waals surface area contributed by atoms with Gasteiger partial charge in [0, 0.05) is 12.5 Å². The minimum absolute atomic E-state index is 0.139. The van der Waals surface area contributed by atoms with Gasteiger partial charge in [-0.15, -0.1) is 0 Å². The lowest BCUT2D eigenvalue weighted by Crippen LogP contribution is -2.22. The maximum atomic E-state index is 10.3. The number of hydrogen-bond acceptors (Lipinski definition) is 2. The molecule has 0 aliphatic carbocycles. The summed E-state index contributed by atoms with van der Waals surface area (Å²) in [5.74, 6) is 0. The van der Waals surface area contributed by atoms with Gasteiger partial charge in [0.25, 0.3) is 0 Å². The third-order valence-corrected chi connectivity index (χ3v) is 1.76. The molecule has 74 valence electrons. The van der Waals surface area contributed by atoms with Gasteiger partial charge in [0.05, 0.1) is 0 Å². The minimum Gasteiger partial charge on any atom is -0.324 e. The maximum absolute atomic E-state index is 10.3. The molecule has 0 aromatic carbocycles. The molecule has 0 bridgehead atoms. The van der Waals surface area contributed by atoms with E-state index in [0.29, 0.717) is 6.42 Å². The Hall–Kier alpha value is -0.890. The molecule has 0 aliphatic rings. The van der Waals surface area contributed by atoms with Gasteiger partial charge in [-0.2, -0.15) is 0 Å². The van der Waals surface area contributed by atoms with Crippen LogP contribution in [0.4, 0.5) is 0 Å². The standard InChI is InChI=1S/C11H19NO/c1-3-5-7-10(6-4-2)11(12)8-9-13/h5-7,9,11H,3-4,8,12H2,1-2H3/b7-5-,10-6+/t11-/m0/s1. The molecule has 0 aliphatic heterocycles. The molecule has 13 heavy (non-hydrogen) atoms. The van der Waals surface area contributed by atoms with Crippen molar-refractivity contribution in [3.05, 3.63) is 23.8 Å². The molecule has 0 saturated heterocycles. The Balaban J connectivity index is 4.31. The molecule has 1 atom stereocenters. The molecule has 0 aromatic rings. The van der Waals surface area contributed by atoms with Crippen molar-refractivity contribution in [2.75, 3.05) is 0 Å². The van der Waals surface area contributed by atoms with Crippen LogP contribution in [-0.4, -0.2) is 12.3 Å². The van der Waals surface area contributed by atoms with Crippen LogP contribution in [-0.2, 0) is 4.79 Å². The molecule has 0 spiro atoms. The second kappa shape index (κ2) is 7.74. The van der Waals surface area contributed by atoms with Crippen LogP contribution in [0.2, 0.25) is 0 Å². The summed E-state index contributed by atoms with van der Waals surface area (Å²) in [5, 5.41) is 0. The van der Waals surface area contributed by atoms with E-state index in [1.54, 1.807) is 0 Å². The van der Waals surface area contributed by atoms with Gasteiger partial charge in [-0.05, 0) is 18.4 Å². The van der Waals surface area contributed by atoms with Crippen LogP contribution < -0.4 is 5.73 Å². The van der Waals surface area contributed by atoms with Crippen molar-refractivity contribution >= 4 is 6.29 Å². The zero-order valence-corrected chi connectivity index (χ0v) is 8.49. The second-order valence-corrected chi connectivity index (χ2v) is 2.93. The topological polar surface area (TPSA) is 43.1 Å². The van der Waals surface area contributed by atoms with E-state index < -0.39 is 0 Å². The molecule has 0 aromatic heterocycles. The maximum Gasteiger partial charge on any atom is 0.121 e. The normalized spacial score (nSPS) is 14.8. The first-order chi connectivity index (χ1) is 6.26. The highest BCUT2D eigenvalue weighted by atomic mass is 16.1. The van der Waals surface area contributed by atoms with E-state index in [1.165, 1.54) is 0 Å². The first kappa shape index (κ1) is 12.1. The molecule has 0 rings (SSSR count). The predicted octanol–water partition coefficient (Wildman–Crippen LogP) is 2.21. The fraction of sp³-hybridized carbons (Fsp3) is 0.545. The highest BCUT2D eigenvalue weighted by Gasteiger charge is 2.04. The zero-order chi connectivity index (χ0) is 10.1. The van der Waals surface area contributed by atoms with Gasteiger partial charge in [-0.25, -0.2) is 0 Å². The number of aldehydes is 1. The number of nitrogens with two attached hydrogens (primary N) is 1. The smallest absolute Gasteiger partial charge is 0.121 e. The van der Waals surface area contributed by atoms with E-state index in [0.717, 1.165) is 24.7 Å². The number of carbonyl (C=O) groups is 1. The fourth-order valence-electron chi connectivity index (χ4n) is 1.07. The van der Waals surface area contributed by atoms with Crippen LogP contribution >= 0.6 is 0 Å². The Kier molecular flexibility index (Phi) is 7.21. The van der Waals surface area contributed by atoms with Crippen LogP contribution in [0.5, 0.6) is 0 Å². The van der Waals surface area contributed by atoms with Crippen LogP contribution in [0.1, 0.15) is 33.1 Å². The Morgan fingerprint density at radius 2 is 2.08 bits per heavy atom. The lowest BCUT2D eigenvalue weighted by Gasteiger charge is -2.08. The molecule has 0 radical (unpaired) electrons. The Morgan fingerprint density at radius 3 is 2.54 bits per heavy atom. The molecule has 0 amide bonds. The van der Waals surface area contributed by atoms with Crippen molar-refractivity contribution in [1.82, 2.24) is 0 Å². The summed E-state index contributed by atoms with van der Waals surface area (Å²) < 4.78 is 0.